The Morgan fingerprint density at radius 1 is 1.25 bits per heavy atom. The number of aromatic amines is 1. The van der Waals surface area contributed by atoms with Gasteiger partial charge in [0.25, 0.3) is 0 Å². The van der Waals surface area contributed by atoms with Crippen molar-refractivity contribution in [1.82, 2.24) is 20.2 Å². The summed E-state index contributed by atoms with van der Waals surface area (Å²) in [7, 11) is 0. The average molecular weight is 269 g/mol. The van der Waals surface area contributed by atoms with Gasteiger partial charge in [-0.1, -0.05) is 12.1 Å². The number of nitrogens with one attached hydrogen (secondary N) is 1. The van der Waals surface area contributed by atoms with E-state index in [-0.39, 0.29) is 6.10 Å². The van der Waals surface area contributed by atoms with Crippen LogP contribution in [0, 0.1) is 0 Å². The highest BCUT2D eigenvalue weighted by molar-refractivity contribution is 5.97. The molecule has 0 atom stereocenters. The molecular formula is C14H15N5O. The summed E-state index contributed by atoms with van der Waals surface area (Å²) in [4.78, 5) is 8.11. The van der Waals surface area contributed by atoms with Gasteiger partial charge in [0, 0.05) is 5.56 Å². The van der Waals surface area contributed by atoms with Gasteiger partial charge in [0.2, 0.25) is 0 Å². The van der Waals surface area contributed by atoms with Gasteiger partial charge in [0.15, 0.2) is 5.65 Å². The highest BCUT2D eigenvalue weighted by Gasteiger charge is 2.13. The number of anilines is 1. The Kier molecular flexibility index (Phi) is 2.98. The number of nitrogens with zero attached hydrogens (tertiary/aromatic N) is 3. The zero-order valence-corrected chi connectivity index (χ0v) is 11.3. The molecule has 0 fully saturated rings. The molecule has 0 saturated carbocycles. The van der Waals surface area contributed by atoms with E-state index >= 15 is 0 Å². The summed E-state index contributed by atoms with van der Waals surface area (Å²) in [5.41, 5.74) is 8.21. The summed E-state index contributed by atoms with van der Waals surface area (Å²) in [6.45, 7) is 3.98. The zero-order valence-electron chi connectivity index (χ0n) is 11.3. The van der Waals surface area contributed by atoms with E-state index in [4.69, 9.17) is 10.5 Å². The molecule has 0 radical (unpaired) electrons. The smallest absolute Gasteiger partial charge is 0.186 e. The number of hydrogen-bond acceptors (Lipinski definition) is 5. The summed E-state index contributed by atoms with van der Waals surface area (Å²) in [5.74, 6) is 1.21. The monoisotopic (exact) mass is 269 g/mol. The molecule has 6 nitrogen and oxygen atoms in total. The fourth-order valence-corrected chi connectivity index (χ4v) is 2.08. The van der Waals surface area contributed by atoms with Crippen LogP contribution in [0.3, 0.4) is 0 Å². The normalized spacial score (nSPS) is 11.2. The number of hydrogen-bond donors (Lipinski definition) is 2. The lowest BCUT2D eigenvalue weighted by atomic mass is 10.1. The Labute approximate surface area is 116 Å². The van der Waals surface area contributed by atoms with E-state index in [1.54, 1.807) is 0 Å². The summed E-state index contributed by atoms with van der Waals surface area (Å²) in [5, 5.41) is 7.84. The fourth-order valence-electron chi connectivity index (χ4n) is 2.08. The van der Waals surface area contributed by atoms with E-state index in [2.05, 4.69) is 20.2 Å². The van der Waals surface area contributed by atoms with Gasteiger partial charge in [-0.2, -0.15) is 5.10 Å². The van der Waals surface area contributed by atoms with Gasteiger partial charge in [-0.3, -0.25) is 5.10 Å². The third-order valence-electron chi connectivity index (χ3n) is 2.87. The molecule has 3 N–H and O–H groups in total. The van der Waals surface area contributed by atoms with Crippen molar-refractivity contribution in [1.29, 1.82) is 0 Å². The lowest BCUT2D eigenvalue weighted by Crippen LogP contribution is -2.05. The number of rotatable bonds is 3. The van der Waals surface area contributed by atoms with E-state index < -0.39 is 0 Å². The van der Waals surface area contributed by atoms with Crippen LogP contribution in [0.25, 0.3) is 22.3 Å². The molecule has 6 heteroatoms. The molecule has 2 aromatic heterocycles. The summed E-state index contributed by atoms with van der Waals surface area (Å²) < 4.78 is 5.70. The third kappa shape index (κ3) is 2.16. The number of nitrogens with two attached hydrogens (primary N) is 1. The van der Waals surface area contributed by atoms with Crippen LogP contribution in [0.1, 0.15) is 13.8 Å². The lowest BCUT2D eigenvalue weighted by molar-refractivity contribution is 0.242. The van der Waals surface area contributed by atoms with E-state index in [0.717, 1.165) is 22.4 Å². The molecule has 0 spiro atoms. The van der Waals surface area contributed by atoms with E-state index in [1.165, 1.54) is 6.33 Å². The summed E-state index contributed by atoms with van der Waals surface area (Å²) >= 11 is 0. The van der Waals surface area contributed by atoms with Crippen molar-refractivity contribution in [3.05, 3.63) is 30.6 Å². The molecule has 2 heterocycles. The molecule has 0 unspecified atom stereocenters. The number of H-pyrrole nitrogens is 1. The van der Waals surface area contributed by atoms with Crippen LogP contribution in [0.5, 0.6) is 5.75 Å². The first-order valence-corrected chi connectivity index (χ1v) is 6.37. The largest absolute Gasteiger partial charge is 0.491 e. The van der Waals surface area contributed by atoms with Gasteiger partial charge >= 0.3 is 0 Å². The fraction of sp³-hybridized carbons (Fsp3) is 0.214. The van der Waals surface area contributed by atoms with Crippen LogP contribution in [0.15, 0.2) is 30.6 Å². The molecule has 3 aromatic rings. The minimum Gasteiger partial charge on any atom is -0.491 e. The zero-order chi connectivity index (χ0) is 14.1. The molecule has 0 amide bonds. The van der Waals surface area contributed by atoms with Crippen molar-refractivity contribution in [2.45, 2.75) is 20.0 Å². The minimum absolute atomic E-state index is 0.122. The number of ether oxygens (including phenoxy) is 1. The Bertz CT molecular complexity index is 750. The van der Waals surface area contributed by atoms with Crippen molar-refractivity contribution >= 4 is 16.9 Å². The van der Waals surface area contributed by atoms with Gasteiger partial charge in [-0.25, -0.2) is 9.97 Å². The molecule has 3 rings (SSSR count). The second-order valence-corrected chi connectivity index (χ2v) is 4.75. The predicted octanol–water partition coefficient (Wildman–Crippen LogP) is 2.39. The highest BCUT2D eigenvalue weighted by Crippen LogP contribution is 2.30. The first-order valence-electron chi connectivity index (χ1n) is 6.37. The first kappa shape index (κ1) is 12.4. The van der Waals surface area contributed by atoms with E-state index in [0.29, 0.717) is 11.5 Å². The maximum absolute atomic E-state index is 5.92. The molecule has 0 aliphatic rings. The topological polar surface area (TPSA) is 89.7 Å². The minimum atomic E-state index is 0.122. The Morgan fingerprint density at radius 2 is 2.10 bits per heavy atom. The van der Waals surface area contributed by atoms with Crippen molar-refractivity contribution in [2.75, 3.05) is 5.73 Å². The number of nitrogen functional groups attached to an aromatic ring is 1. The number of fused-ring (bicyclic) bond motifs is 1. The third-order valence-corrected chi connectivity index (χ3v) is 2.87. The average Bonchev–Trinajstić information content (AvgIpc) is 2.83. The van der Waals surface area contributed by atoms with Crippen LogP contribution in [-0.2, 0) is 0 Å². The van der Waals surface area contributed by atoms with Crippen LogP contribution in [-0.4, -0.2) is 26.3 Å². The Balaban J connectivity index is 2.11. The van der Waals surface area contributed by atoms with Crippen molar-refractivity contribution in [3.63, 3.8) is 0 Å². The van der Waals surface area contributed by atoms with E-state index in [9.17, 15) is 0 Å². The highest BCUT2D eigenvalue weighted by atomic mass is 16.5. The van der Waals surface area contributed by atoms with Gasteiger partial charge in [0.05, 0.1) is 17.2 Å². The Morgan fingerprint density at radius 3 is 2.90 bits per heavy atom. The van der Waals surface area contributed by atoms with Crippen LogP contribution in [0.4, 0.5) is 5.82 Å². The molecule has 0 bridgehead atoms. The van der Waals surface area contributed by atoms with Crippen molar-refractivity contribution < 1.29 is 4.74 Å². The summed E-state index contributed by atoms with van der Waals surface area (Å²) in [6.07, 6.45) is 1.53. The molecular weight excluding hydrogens is 254 g/mol. The van der Waals surface area contributed by atoms with E-state index in [1.807, 2.05) is 38.1 Å². The van der Waals surface area contributed by atoms with Crippen LogP contribution >= 0.6 is 0 Å². The standard InChI is InChI=1S/C14H15N5O/c1-8(2)20-10-5-3-4-9(6-10)12-11-13(15)16-7-17-14(11)19-18-12/h3-8H,1-2H3,(H3,15,16,17,18,19). The second kappa shape index (κ2) is 4.80. The van der Waals surface area contributed by atoms with Gasteiger partial charge in [0.1, 0.15) is 17.9 Å². The maximum atomic E-state index is 5.92. The predicted molar refractivity (Wildman–Crippen MR) is 77.3 cm³/mol. The molecule has 1 aromatic carbocycles. The van der Waals surface area contributed by atoms with Crippen molar-refractivity contribution in [2.24, 2.45) is 0 Å². The maximum Gasteiger partial charge on any atom is 0.186 e. The summed E-state index contributed by atoms with van der Waals surface area (Å²) in [6, 6.07) is 7.76. The SMILES string of the molecule is CC(C)Oc1cccc(-c2[nH]nc3ncnc(N)c23)c1. The first-order chi connectivity index (χ1) is 9.65. The lowest BCUT2D eigenvalue weighted by Gasteiger charge is -2.10. The molecule has 102 valence electrons. The molecule has 0 aliphatic heterocycles. The van der Waals surface area contributed by atoms with Crippen LogP contribution in [0.2, 0.25) is 0 Å². The molecule has 0 saturated heterocycles. The number of aromatic nitrogens is 4. The molecule has 0 aliphatic carbocycles. The van der Waals surface area contributed by atoms with Crippen molar-refractivity contribution in [3.8, 4) is 17.0 Å². The Hall–Kier alpha value is -2.63. The van der Waals surface area contributed by atoms with Crippen LogP contribution < -0.4 is 10.5 Å². The second-order valence-electron chi connectivity index (χ2n) is 4.75. The van der Waals surface area contributed by atoms with Gasteiger partial charge in [-0.15, -0.1) is 0 Å². The number of benzene rings is 1. The molecule has 20 heavy (non-hydrogen) atoms. The van der Waals surface area contributed by atoms with Gasteiger partial charge in [-0.05, 0) is 26.0 Å². The quantitative estimate of drug-likeness (QED) is 0.762. The van der Waals surface area contributed by atoms with Gasteiger partial charge < -0.3 is 10.5 Å².